The molecule has 0 aromatic heterocycles. The molecule has 0 radical (unpaired) electrons. The predicted molar refractivity (Wildman–Crippen MR) is 62.5 cm³/mol. The van der Waals surface area contributed by atoms with E-state index in [0.29, 0.717) is 0 Å². The van der Waals surface area contributed by atoms with Crippen molar-refractivity contribution in [2.75, 3.05) is 26.7 Å². The molecule has 0 aliphatic heterocycles. The zero-order valence-electron chi connectivity index (χ0n) is 10.2. The molecule has 0 aromatic carbocycles. The van der Waals surface area contributed by atoms with Gasteiger partial charge in [-0.05, 0) is 38.3 Å². The first-order chi connectivity index (χ1) is 6.63. The first kappa shape index (κ1) is 12.0. The second-order valence-electron chi connectivity index (χ2n) is 5.24. The maximum atomic E-state index is 3.26. The highest BCUT2D eigenvalue weighted by Gasteiger charge is 2.29. The van der Waals surface area contributed by atoms with E-state index < -0.39 is 0 Å². The summed E-state index contributed by atoms with van der Waals surface area (Å²) in [5, 5.41) is 3.26. The molecule has 1 atom stereocenters. The minimum atomic E-state index is 0.777. The SMILES string of the molecule is CNCC(C)CN(CC(C)C)C1CC1. The molecule has 1 fully saturated rings. The maximum Gasteiger partial charge on any atom is 0.00966 e. The van der Waals surface area contributed by atoms with Crippen molar-refractivity contribution in [3.63, 3.8) is 0 Å². The largest absolute Gasteiger partial charge is 0.319 e. The van der Waals surface area contributed by atoms with Crippen molar-refractivity contribution in [3.05, 3.63) is 0 Å². The zero-order chi connectivity index (χ0) is 10.6. The highest BCUT2D eigenvalue weighted by Crippen LogP contribution is 2.28. The van der Waals surface area contributed by atoms with E-state index in [0.717, 1.165) is 24.4 Å². The fraction of sp³-hybridized carbons (Fsp3) is 1.00. The molecule has 84 valence electrons. The van der Waals surface area contributed by atoms with E-state index in [-0.39, 0.29) is 0 Å². The molecule has 0 bridgehead atoms. The summed E-state index contributed by atoms with van der Waals surface area (Å²) < 4.78 is 0. The molecule has 0 heterocycles. The molecule has 1 N–H and O–H groups in total. The van der Waals surface area contributed by atoms with Crippen LogP contribution in [0.5, 0.6) is 0 Å². The smallest absolute Gasteiger partial charge is 0.00966 e. The van der Waals surface area contributed by atoms with Crippen molar-refractivity contribution in [1.29, 1.82) is 0 Å². The quantitative estimate of drug-likeness (QED) is 0.673. The molecular weight excluding hydrogens is 172 g/mol. The van der Waals surface area contributed by atoms with Crippen LogP contribution in [0.15, 0.2) is 0 Å². The molecule has 0 saturated heterocycles. The summed E-state index contributed by atoms with van der Waals surface area (Å²) in [5.41, 5.74) is 0. The van der Waals surface area contributed by atoms with Gasteiger partial charge in [-0.2, -0.15) is 0 Å². The fourth-order valence-corrected chi connectivity index (χ4v) is 2.09. The Morgan fingerprint density at radius 2 is 1.86 bits per heavy atom. The second kappa shape index (κ2) is 5.72. The number of nitrogens with one attached hydrogen (secondary N) is 1. The zero-order valence-corrected chi connectivity index (χ0v) is 10.2. The molecule has 1 rings (SSSR count). The van der Waals surface area contributed by atoms with Crippen LogP contribution in [0.2, 0.25) is 0 Å². The fourth-order valence-electron chi connectivity index (χ4n) is 2.09. The summed E-state index contributed by atoms with van der Waals surface area (Å²) in [4.78, 5) is 2.69. The van der Waals surface area contributed by atoms with Crippen molar-refractivity contribution in [1.82, 2.24) is 10.2 Å². The van der Waals surface area contributed by atoms with Gasteiger partial charge in [0.15, 0.2) is 0 Å². The molecule has 0 spiro atoms. The predicted octanol–water partition coefficient (Wildman–Crippen LogP) is 1.96. The summed E-state index contributed by atoms with van der Waals surface area (Å²) in [5.74, 6) is 1.58. The van der Waals surface area contributed by atoms with Gasteiger partial charge in [-0.15, -0.1) is 0 Å². The molecule has 1 unspecified atom stereocenters. The van der Waals surface area contributed by atoms with Gasteiger partial charge >= 0.3 is 0 Å². The Hall–Kier alpha value is -0.0800. The van der Waals surface area contributed by atoms with Crippen LogP contribution < -0.4 is 5.32 Å². The monoisotopic (exact) mass is 198 g/mol. The lowest BCUT2D eigenvalue weighted by Crippen LogP contribution is -2.36. The van der Waals surface area contributed by atoms with E-state index in [1.165, 1.54) is 25.9 Å². The van der Waals surface area contributed by atoms with Crippen molar-refractivity contribution in [2.45, 2.75) is 39.7 Å². The molecule has 1 saturated carbocycles. The number of hydrogen-bond donors (Lipinski definition) is 1. The van der Waals surface area contributed by atoms with Crippen molar-refractivity contribution >= 4 is 0 Å². The Morgan fingerprint density at radius 3 is 2.29 bits per heavy atom. The molecular formula is C12H26N2. The van der Waals surface area contributed by atoms with Gasteiger partial charge in [-0.1, -0.05) is 20.8 Å². The highest BCUT2D eigenvalue weighted by atomic mass is 15.2. The molecule has 2 heteroatoms. The first-order valence-corrected chi connectivity index (χ1v) is 6.02. The Labute approximate surface area is 89.1 Å². The van der Waals surface area contributed by atoms with E-state index in [1.807, 2.05) is 7.05 Å². The van der Waals surface area contributed by atoms with Gasteiger partial charge in [0.1, 0.15) is 0 Å². The third-order valence-electron chi connectivity index (χ3n) is 2.76. The first-order valence-electron chi connectivity index (χ1n) is 6.02. The lowest BCUT2D eigenvalue weighted by atomic mass is 10.1. The van der Waals surface area contributed by atoms with Crippen LogP contribution in [0.3, 0.4) is 0 Å². The Kier molecular flexibility index (Phi) is 4.90. The Bertz CT molecular complexity index is 152. The van der Waals surface area contributed by atoms with Crippen molar-refractivity contribution in [2.24, 2.45) is 11.8 Å². The summed E-state index contributed by atoms with van der Waals surface area (Å²) >= 11 is 0. The van der Waals surface area contributed by atoms with Gasteiger partial charge in [0.25, 0.3) is 0 Å². The minimum absolute atomic E-state index is 0.777. The van der Waals surface area contributed by atoms with Crippen LogP contribution in [0, 0.1) is 11.8 Å². The van der Waals surface area contributed by atoms with Gasteiger partial charge in [-0.3, -0.25) is 4.90 Å². The highest BCUT2D eigenvalue weighted by molar-refractivity contribution is 4.85. The van der Waals surface area contributed by atoms with Crippen LogP contribution in [-0.2, 0) is 0 Å². The van der Waals surface area contributed by atoms with Crippen LogP contribution >= 0.6 is 0 Å². The third-order valence-corrected chi connectivity index (χ3v) is 2.76. The summed E-state index contributed by atoms with van der Waals surface area (Å²) in [6.07, 6.45) is 2.86. The van der Waals surface area contributed by atoms with Crippen molar-refractivity contribution < 1.29 is 0 Å². The summed E-state index contributed by atoms with van der Waals surface area (Å²) in [6, 6.07) is 0.914. The van der Waals surface area contributed by atoms with Gasteiger partial charge in [0, 0.05) is 19.1 Å². The van der Waals surface area contributed by atoms with Gasteiger partial charge in [-0.25, -0.2) is 0 Å². The second-order valence-corrected chi connectivity index (χ2v) is 5.24. The van der Waals surface area contributed by atoms with Crippen LogP contribution in [0.1, 0.15) is 33.6 Å². The summed E-state index contributed by atoms with van der Waals surface area (Å²) in [6.45, 7) is 10.7. The Morgan fingerprint density at radius 1 is 1.21 bits per heavy atom. The van der Waals surface area contributed by atoms with E-state index in [2.05, 4.69) is 31.0 Å². The molecule has 2 nitrogen and oxygen atoms in total. The van der Waals surface area contributed by atoms with Gasteiger partial charge in [0.05, 0.1) is 0 Å². The summed E-state index contributed by atoms with van der Waals surface area (Å²) in [7, 11) is 2.04. The van der Waals surface area contributed by atoms with Crippen molar-refractivity contribution in [3.8, 4) is 0 Å². The maximum absolute atomic E-state index is 3.26. The van der Waals surface area contributed by atoms with Gasteiger partial charge < -0.3 is 5.32 Å². The van der Waals surface area contributed by atoms with E-state index in [1.54, 1.807) is 0 Å². The van der Waals surface area contributed by atoms with E-state index in [9.17, 15) is 0 Å². The molecule has 1 aliphatic rings. The number of nitrogens with zero attached hydrogens (tertiary/aromatic N) is 1. The topological polar surface area (TPSA) is 15.3 Å². The van der Waals surface area contributed by atoms with Crippen LogP contribution in [-0.4, -0.2) is 37.6 Å². The lowest BCUT2D eigenvalue weighted by Gasteiger charge is -2.27. The molecule has 0 aromatic rings. The van der Waals surface area contributed by atoms with E-state index in [4.69, 9.17) is 0 Å². The Balaban J connectivity index is 2.27. The normalized spacial score (nSPS) is 19.3. The molecule has 14 heavy (non-hydrogen) atoms. The average Bonchev–Trinajstić information content (AvgIpc) is 2.84. The molecule has 1 aliphatic carbocycles. The van der Waals surface area contributed by atoms with Crippen LogP contribution in [0.4, 0.5) is 0 Å². The number of hydrogen-bond acceptors (Lipinski definition) is 2. The third kappa shape index (κ3) is 4.43. The standard InChI is InChI=1S/C12H26N2/c1-10(2)8-14(12-5-6-12)9-11(3)7-13-4/h10-13H,5-9H2,1-4H3. The van der Waals surface area contributed by atoms with Crippen LogP contribution in [0.25, 0.3) is 0 Å². The minimum Gasteiger partial charge on any atom is -0.319 e. The molecule has 0 amide bonds. The lowest BCUT2D eigenvalue weighted by molar-refractivity contribution is 0.203. The number of rotatable bonds is 7. The van der Waals surface area contributed by atoms with E-state index >= 15 is 0 Å². The average molecular weight is 198 g/mol. The van der Waals surface area contributed by atoms with Gasteiger partial charge in [0.2, 0.25) is 0 Å².